The van der Waals surface area contributed by atoms with Crippen molar-refractivity contribution in [3.8, 4) is 5.69 Å². The summed E-state index contributed by atoms with van der Waals surface area (Å²) in [6.07, 6.45) is 3.08. The van der Waals surface area contributed by atoms with E-state index in [9.17, 15) is 14.9 Å². The number of nitro groups is 1. The van der Waals surface area contributed by atoms with Gasteiger partial charge in [0.25, 0.3) is 11.6 Å². The number of aromatic nitrogens is 4. The van der Waals surface area contributed by atoms with Gasteiger partial charge in [0, 0.05) is 24.2 Å². The van der Waals surface area contributed by atoms with Crippen LogP contribution >= 0.6 is 0 Å². The molecular formula is C14H12N6O3. The van der Waals surface area contributed by atoms with Crippen molar-refractivity contribution < 1.29 is 9.72 Å². The summed E-state index contributed by atoms with van der Waals surface area (Å²) in [5.74, 6) is -0.149. The molecule has 0 aliphatic carbocycles. The van der Waals surface area contributed by atoms with E-state index in [-0.39, 0.29) is 17.1 Å². The summed E-state index contributed by atoms with van der Waals surface area (Å²) in [7, 11) is 0. The highest BCUT2D eigenvalue weighted by atomic mass is 16.6. The van der Waals surface area contributed by atoms with Crippen LogP contribution in [0.15, 0.2) is 42.7 Å². The normalized spacial score (nSPS) is 10.5. The molecule has 2 N–H and O–H groups in total. The summed E-state index contributed by atoms with van der Waals surface area (Å²) in [5.41, 5.74) is 1.12. The molecule has 0 saturated heterocycles. The van der Waals surface area contributed by atoms with Crippen LogP contribution in [0.1, 0.15) is 16.2 Å². The fourth-order valence-corrected chi connectivity index (χ4v) is 2.04. The third-order valence-electron chi connectivity index (χ3n) is 3.08. The van der Waals surface area contributed by atoms with Crippen LogP contribution in [0, 0.1) is 17.0 Å². The predicted molar refractivity (Wildman–Crippen MR) is 81.5 cm³/mol. The first-order valence-corrected chi connectivity index (χ1v) is 6.67. The second-order valence-electron chi connectivity index (χ2n) is 4.76. The lowest BCUT2D eigenvalue weighted by Gasteiger charge is -2.02. The number of para-hydroxylation sites is 2. The summed E-state index contributed by atoms with van der Waals surface area (Å²) in [4.78, 5) is 29.5. The molecule has 3 aromatic rings. The molecule has 0 bridgehead atoms. The van der Waals surface area contributed by atoms with E-state index in [2.05, 4.69) is 20.4 Å². The van der Waals surface area contributed by atoms with Gasteiger partial charge in [0.2, 0.25) is 5.95 Å². The van der Waals surface area contributed by atoms with Crippen LogP contribution in [0.4, 0.5) is 11.6 Å². The molecule has 0 saturated carbocycles. The van der Waals surface area contributed by atoms with Crippen molar-refractivity contribution in [3.63, 3.8) is 0 Å². The van der Waals surface area contributed by atoms with Crippen LogP contribution in [-0.4, -0.2) is 30.6 Å². The van der Waals surface area contributed by atoms with Gasteiger partial charge in [-0.2, -0.15) is 5.10 Å². The molecule has 1 aromatic carbocycles. The highest BCUT2D eigenvalue weighted by Crippen LogP contribution is 2.21. The second kappa shape index (κ2) is 5.72. The number of hydrogen-bond donors (Lipinski definition) is 2. The standard InChI is InChI=1S/C14H12N6O3/c1-9-8-15-14(16-9)17-13(21)10-6-7-19(18-10)11-4-2-3-5-12(11)20(22)23/h2-8H,1H3,(H2,15,16,17,21). The molecule has 2 aromatic heterocycles. The van der Waals surface area contributed by atoms with Crippen molar-refractivity contribution in [1.82, 2.24) is 19.7 Å². The van der Waals surface area contributed by atoms with Gasteiger partial charge in [-0.3, -0.25) is 20.2 Å². The largest absolute Gasteiger partial charge is 0.328 e. The predicted octanol–water partition coefficient (Wildman–Crippen LogP) is 2.06. The van der Waals surface area contributed by atoms with Crippen LogP contribution < -0.4 is 5.32 Å². The monoisotopic (exact) mass is 312 g/mol. The van der Waals surface area contributed by atoms with Gasteiger partial charge >= 0.3 is 0 Å². The molecule has 0 atom stereocenters. The van der Waals surface area contributed by atoms with Gasteiger partial charge in [-0.15, -0.1) is 0 Å². The number of hydrogen-bond acceptors (Lipinski definition) is 5. The molecule has 0 radical (unpaired) electrons. The number of imidazole rings is 1. The van der Waals surface area contributed by atoms with E-state index in [1.165, 1.54) is 23.0 Å². The second-order valence-corrected chi connectivity index (χ2v) is 4.76. The summed E-state index contributed by atoms with van der Waals surface area (Å²) < 4.78 is 1.29. The number of nitrogens with one attached hydrogen (secondary N) is 2. The van der Waals surface area contributed by atoms with E-state index in [0.29, 0.717) is 5.95 Å². The van der Waals surface area contributed by atoms with Crippen LogP contribution in [0.2, 0.25) is 0 Å². The van der Waals surface area contributed by atoms with Crippen molar-refractivity contribution in [3.05, 3.63) is 64.2 Å². The average Bonchev–Trinajstić information content (AvgIpc) is 3.16. The fraction of sp³-hybridized carbons (Fsp3) is 0.0714. The summed E-state index contributed by atoms with van der Waals surface area (Å²) >= 11 is 0. The number of aryl methyl sites for hydroxylation is 1. The maximum Gasteiger partial charge on any atom is 0.294 e. The number of carbonyl (C=O) groups is 1. The van der Waals surface area contributed by atoms with Gasteiger partial charge in [0.05, 0.1) is 4.92 Å². The van der Waals surface area contributed by atoms with E-state index in [1.54, 1.807) is 24.4 Å². The Balaban J connectivity index is 1.86. The molecule has 9 nitrogen and oxygen atoms in total. The lowest BCUT2D eigenvalue weighted by atomic mass is 10.3. The zero-order chi connectivity index (χ0) is 16.4. The highest BCUT2D eigenvalue weighted by Gasteiger charge is 2.17. The fourth-order valence-electron chi connectivity index (χ4n) is 2.04. The van der Waals surface area contributed by atoms with Gasteiger partial charge in [0.15, 0.2) is 5.69 Å². The minimum Gasteiger partial charge on any atom is -0.328 e. The molecule has 9 heteroatoms. The highest BCUT2D eigenvalue weighted by molar-refractivity contribution is 6.01. The van der Waals surface area contributed by atoms with E-state index >= 15 is 0 Å². The number of rotatable bonds is 4. The smallest absolute Gasteiger partial charge is 0.294 e. The molecule has 23 heavy (non-hydrogen) atoms. The topological polar surface area (TPSA) is 119 Å². The Bertz CT molecular complexity index is 882. The molecule has 0 spiro atoms. The molecule has 0 aliphatic rings. The lowest BCUT2D eigenvalue weighted by Crippen LogP contribution is -2.14. The van der Waals surface area contributed by atoms with Crippen LogP contribution in [0.25, 0.3) is 5.69 Å². The summed E-state index contributed by atoms with van der Waals surface area (Å²) in [6.45, 7) is 1.81. The van der Waals surface area contributed by atoms with Crippen molar-refractivity contribution >= 4 is 17.5 Å². The van der Waals surface area contributed by atoms with E-state index in [0.717, 1.165) is 5.69 Å². The van der Waals surface area contributed by atoms with Crippen molar-refractivity contribution in [2.45, 2.75) is 6.92 Å². The molecule has 116 valence electrons. The number of carbonyl (C=O) groups excluding carboxylic acids is 1. The molecule has 2 heterocycles. The zero-order valence-electron chi connectivity index (χ0n) is 12.1. The van der Waals surface area contributed by atoms with Crippen LogP contribution in [-0.2, 0) is 0 Å². The molecule has 3 rings (SSSR count). The first-order chi connectivity index (χ1) is 11.0. The number of nitrogens with zero attached hydrogens (tertiary/aromatic N) is 4. The van der Waals surface area contributed by atoms with Crippen molar-refractivity contribution in [2.24, 2.45) is 0 Å². The Morgan fingerprint density at radius 1 is 1.35 bits per heavy atom. The Morgan fingerprint density at radius 3 is 2.83 bits per heavy atom. The molecular weight excluding hydrogens is 300 g/mol. The quantitative estimate of drug-likeness (QED) is 0.564. The lowest BCUT2D eigenvalue weighted by molar-refractivity contribution is -0.384. The third-order valence-corrected chi connectivity index (χ3v) is 3.08. The number of H-pyrrole nitrogens is 1. The van der Waals surface area contributed by atoms with Crippen LogP contribution in [0.5, 0.6) is 0 Å². The van der Waals surface area contributed by atoms with Gasteiger partial charge in [-0.1, -0.05) is 12.1 Å². The summed E-state index contributed by atoms with van der Waals surface area (Å²) in [6, 6.07) is 7.64. The number of nitro benzene ring substituents is 1. The first-order valence-electron chi connectivity index (χ1n) is 6.67. The Kier molecular flexibility index (Phi) is 3.59. The van der Waals surface area contributed by atoms with Gasteiger partial charge in [-0.05, 0) is 19.1 Å². The maximum absolute atomic E-state index is 12.1. The van der Waals surface area contributed by atoms with Gasteiger partial charge in [0.1, 0.15) is 5.69 Å². The number of amides is 1. The third kappa shape index (κ3) is 2.93. The molecule has 0 aliphatic heterocycles. The molecule has 0 unspecified atom stereocenters. The van der Waals surface area contributed by atoms with E-state index in [4.69, 9.17) is 0 Å². The number of benzene rings is 1. The van der Waals surface area contributed by atoms with E-state index < -0.39 is 10.8 Å². The van der Waals surface area contributed by atoms with Crippen molar-refractivity contribution in [1.29, 1.82) is 0 Å². The van der Waals surface area contributed by atoms with Crippen molar-refractivity contribution in [2.75, 3.05) is 5.32 Å². The molecule has 0 fully saturated rings. The SMILES string of the molecule is Cc1cnc(NC(=O)c2ccn(-c3ccccc3[N+](=O)[O-])n2)[nH]1. The maximum atomic E-state index is 12.1. The average molecular weight is 312 g/mol. The van der Waals surface area contributed by atoms with Crippen LogP contribution in [0.3, 0.4) is 0 Å². The van der Waals surface area contributed by atoms with Gasteiger partial charge in [-0.25, -0.2) is 9.67 Å². The minimum absolute atomic E-state index is 0.0933. The number of aromatic amines is 1. The number of anilines is 1. The Labute approximate surface area is 130 Å². The summed E-state index contributed by atoms with van der Waals surface area (Å²) in [5, 5.41) is 17.7. The van der Waals surface area contributed by atoms with E-state index in [1.807, 2.05) is 6.92 Å². The Hall–Kier alpha value is -3.49. The Morgan fingerprint density at radius 2 is 2.13 bits per heavy atom. The zero-order valence-corrected chi connectivity index (χ0v) is 12.1. The van der Waals surface area contributed by atoms with Gasteiger partial charge < -0.3 is 4.98 Å². The minimum atomic E-state index is -0.498. The molecule has 1 amide bonds. The first kappa shape index (κ1) is 14.4.